The maximum absolute atomic E-state index is 5.64. The number of pyridine rings is 1. The summed E-state index contributed by atoms with van der Waals surface area (Å²) in [5.41, 5.74) is 6.86. The van der Waals surface area contributed by atoms with E-state index in [2.05, 4.69) is 9.88 Å². The molecule has 1 rings (SSSR count). The van der Waals surface area contributed by atoms with Crippen LogP contribution in [0.15, 0.2) is 24.5 Å². The van der Waals surface area contributed by atoms with E-state index in [4.69, 9.17) is 5.73 Å². The normalized spacial score (nSPS) is 13.3. The highest BCUT2D eigenvalue weighted by Gasteiger charge is 2.10. The third-order valence-electron chi connectivity index (χ3n) is 1.94. The Morgan fingerprint density at radius 2 is 2.00 bits per heavy atom. The van der Waals surface area contributed by atoms with E-state index in [9.17, 15) is 0 Å². The summed E-state index contributed by atoms with van der Waals surface area (Å²) < 4.78 is 0. The molecule has 0 aliphatic heterocycles. The van der Waals surface area contributed by atoms with Gasteiger partial charge in [0.25, 0.3) is 0 Å². The highest BCUT2D eigenvalue weighted by Crippen LogP contribution is 2.14. The van der Waals surface area contributed by atoms with E-state index in [1.54, 1.807) is 12.4 Å². The lowest BCUT2D eigenvalue weighted by molar-refractivity contribution is 0.306. The molecule has 2 N–H and O–H groups in total. The fourth-order valence-electron chi connectivity index (χ4n) is 1.23. The average molecular weight is 165 g/mol. The van der Waals surface area contributed by atoms with Crippen molar-refractivity contribution >= 4 is 0 Å². The minimum atomic E-state index is 0.299. The lowest BCUT2D eigenvalue weighted by Crippen LogP contribution is -2.27. The highest BCUT2D eigenvalue weighted by atomic mass is 15.1. The number of hydrogen-bond acceptors (Lipinski definition) is 3. The predicted octanol–water partition coefficient (Wildman–Crippen LogP) is 0.643. The Labute approximate surface area is 73.2 Å². The molecule has 0 fully saturated rings. The van der Waals surface area contributed by atoms with Crippen LogP contribution in [-0.2, 0) is 0 Å². The maximum Gasteiger partial charge on any atom is 0.0465 e. The van der Waals surface area contributed by atoms with Crippen molar-refractivity contribution in [2.24, 2.45) is 5.73 Å². The zero-order chi connectivity index (χ0) is 8.97. The molecule has 0 radical (unpaired) electrons. The summed E-state index contributed by atoms with van der Waals surface area (Å²) in [6.07, 6.45) is 3.59. The van der Waals surface area contributed by atoms with Gasteiger partial charge in [-0.05, 0) is 31.8 Å². The fraction of sp³-hybridized carbons (Fsp3) is 0.444. The van der Waals surface area contributed by atoms with Gasteiger partial charge >= 0.3 is 0 Å². The number of nitrogens with zero attached hydrogens (tertiary/aromatic N) is 2. The minimum absolute atomic E-state index is 0.299. The molecular formula is C9H15N3. The van der Waals surface area contributed by atoms with Gasteiger partial charge in [-0.1, -0.05) is 0 Å². The molecule has 3 heteroatoms. The molecule has 0 aromatic carbocycles. The monoisotopic (exact) mass is 165 g/mol. The molecule has 0 aliphatic carbocycles. The molecule has 12 heavy (non-hydrogen) atoms. The Hall–Kier alpha value is -0.930. The van der Waals surface area contributed by atoms with E-state index in [0.29, 0.717) is 12.6 Å². The molecule has 0 spiro atoms. The van der Waals surface area contributed by atoms with Gasteiger partial charge in [-0.15, -0.1) is 0 Å². The molecule has 66 valence electrons. The van der Waals surface area contributed by atoms with Crippen LogP contribution in [0.4, 0.5) is 0 Å². The lowest BCUT2D eigenvalue weighted by atomic mass is 10.1. The van der Waals surface area contributed by atoms with Gasteiger partial charge in [0, 0.05) is 25.0 Å². The second-order valence-corrected chi connectivity index (χ2v) is 3.00. The van der Waals surface area contributed by atoms with Crippen molar-refractivity contribution in [2.75, 3.05) is 20.6 Å². The third kappa shape index (κ3) is 2.03. The van der Waals surface area contributed by atoms with Crippen LogP contribution in [-0.4, -0.2) is 30.5 Å². The first kappa shape index (κ1) is 9.16. The van der Waals surface area contributed by atoms with Crippen molar-refractivity contribution in [1.29, 1.82) is 0 Å². The van der Waals surface area contributed by atoms with E-state index in [-0.39, 0.29) is 0 Å². The smallest absolute Gasteiger partial charge is 0.0465 e. The van der Waals surface area contributed by atoms with Crippen LogP contribution in [0, 0.1) is 0 Å². The summed E-state index contributed by atoms with van der Waals surface area (Å²) in [4.78, 5) is 6.07. The first-order chi connectivity index (χ1) is 5.75. The zero-order valence-corrected chi connectivity index (χ0v) is 7.57. The molecular weight excluding hydrogens is 150 g/mol. The highest BCUT2D eigenvalue weighted by molar-refractivity contribution is 5.15. The Balaban J connectivity index is 2.80. The van der Waals surface area contributed by atoms with Crippen LogP contribution in [0.3, 0.4) is 0 Å². The van der Waals surface area contributed by atoms with Crippen LogP contribution < -0.4 is 5.73 Å². The van der Waals surface area contributed by atoms with Gasteiger partial charge in [-0.3, -0.25) is 4.98 Å². The lowest BCUT2D eigenvalue weighted by Gasteiger charge is -2.22. The van der Waals surface area contributed by atoms with Crippen molar-refractivity contribution in [3.05, 3.63) is 30.1 Å². The van der Waals surface area contributed by atoms with Crippen LogP contribution >= 0.6 is 0 Å². The van der Waals surface area contributed by atoms with E-state index < -0.39 is 0 Å². The quantitative estimate of drug-likeness (QED) is 0.714. The molecule has 0 amide bonds. The van der Waals surface area contributed by atoms with Crippen molar-refractivity contribution in [3.63, 3.8) is 0 Å². The van der Waals surface area contributed by atoms with E-state index >= 15 is 0 Å². The molecule has 1 aromatic heterocycles. The third-order valence-corrected chi connectivity index (χ3v) is 1.94. The standard InChI is InChI=1S/C9H15N3/c1-12(2)9(7-10)8-3-5-11-6-4-8/h3-6,9H,7,10H2,1-2H3/t9-/m0/s1. The second-order valence-electron chi connectivity index (χ2n) is 3.00. The first-order valence-corrected chi connectivity index (χ1v) is 4.02. The van der Waals surface area contributed by atoms with E-state index in [0.717, 1.165) is 0 Å². The van der Waals surface area contributed by atoms with Gasteiger partial charge < -0.3 is 10.6 Å². The van der Waals surface area contributed by atoms with Crippen molar-refractivity contribution in [1.82, 2.24) is 9.88 Å². The Bertz CT molecular complexity index is 220. The zero-order valence-electron chi connectivity index (χ0n) is 7.57. The summed E-state index contributed by atoms with van der Waals surface area (Å²) >= 11 is 0. The van der Waals surface area contributed by atoms with Gasteiger partial charge in [0.05, 0.1) is 0 Å². The molecule has 0 saturated heterocycles. The number of rotatable bonds is 3. The summed E-state index contributed by atoms with van der Waals surface area (Å²) in [7, 11) is 4.05. The van der Waals surface area contributed by atoms with Gasteiger partial charge in [0.15, 0.2) is 0 Å². The van der Waals surface area contributed by atoms with Crippen LogP contribution in [0.1, 0.15) is 11.6 Å². The number of aromatic nitrogens is 1. The Kier molecular flexibility index (Phi) is 3.19. The molecule has 3 nitrogen and oxygen atoms in total. The number of likely N-dealkylation sites (N-methyl/N-ethyl adjacent to an activating group) is 1. The molecule has 0 bridgehead atoms. The van der Waals surface area contributed by atoms with Crippen molar-refractivity contribution < 1.29 is 0 Å². The summed E-state index contributed by atoms with van der Waals surface area (Å²) in [6.45, 7) is 0.636. The maximum atomic E-state index is 5.64. The van der Waals surface area contributed by atoms with Gasteiger partial charge in [-0.25, -0.2) is 0 Å². The largest absolute Gasteiger partial charge is 0.329 e. The van der Waals surface area contributed by atoms with Crippen molar-refractivity contribution in [2.45, 2.75) is 6.04 Å². The van der Waals surface area contributed by atoms with E-state index in [1.807, 2.05) is 26.2 Å². The topological polar surface area (TPSA) is 42.1 Å². The molecule has 0 aliphatic rings. The molecule has 1 atom stereocenters. The second kappa shape index (κ2) is 4.18. The van der Waals surface area contributed by atoms with Gasteiger partial charge in [0.2, 0.25) is 0 Å². The Morgan fingerprint density at radius 3 is 2.42 bits per heavy atom. The molecule has 1 heterocycles. The predicted molar refractivity (Wildman–Crippen MR) is 49.7 cm³/mol. The molecule has 0 unspecified atom stereocenters. The Morgan fingerprint density at radius 1 is 1.42 bits per heavy atom. The van der Waals surface area contributed by atoms with Gasteiger partial charge in [-0.2, -0.15) is 0 Å². The van der Waals surface area contributed by atoms with Crippen LogP contribution in [0.25, 0.3) is 0 Å². The minimum Gasteiger partial charge on any atom is -0.329 e. The van der Waals surface area contributed by atoms with E-state index in [1.165, 1.54) is 5.56 Å². The fourth-order valence-corrected chi connectivity index (χ4v) is 1.23. The summed E-state index contributed by atoms with van der Waals surface area (Å²) in [5, 5.41) is 0. The average Bonchev–Trinajstić information content (AvgIpc) is 2.07. The van der Waals surface area contributed by atoms with Crippen LogP contribution in [0.5, 0.6) is 0 Å². The first-order valence-electron chi connectivity index (χ1n) is 4.02. The number of hydrogen-bond donors (Lipinski definition) is 1. The van der Waals surface area contributed by atoms with Crippen molar-refractivity contribution in [3.8, 4) is 0 Å². The van der Waals surface area contributed by atoms with Gasteiger partial charge in [0.1, 0.15) is 0 Å². The molecule has 0 saturated carbocycles. The number of nitrogens with two attached hydrogens (primary N) is 1. The SMILES string of the molecule is CN(C)[C@@H](CN)c1ccncc1. The summed E-state index contributed by atoms with van der Waals surface area (Å²) in [6, 6.07) is 4.29. The molecule has 1 aromatic rings. The van der Waals surface area contributed by atoms with Crippen LogP contribution in [0.2, 0.25) is 0 Å². The summed E-state index contributed by atoms with van der Waals surface area (Å²) in [5.74, 6) is 0.